The summed E-state index contributed by atoms with van der Waals surface area (Å²) in [6.45, 7) is 0.362. The molecular formula is C17H26N2O3S. The zero-order valence-electron chi connectivity index (χ0n) is 13.6. The summed E-state index contributed by atoms with van der Waals surface area (Å²) in [5.41, 5.74) is 6.86. The van der Waals surface area contributed by atoms with Gasteiger partial charge in [-0.15, -0.1) is 0 Å². The lowest BCUT2D eigenvalue weighted by Gasteiger charge is -2.24. The molecule has 1 saturated carbocycles. The van der Waals surface area contributed by atoms with Gasteiger partial charge in [-0.2, -0.15) is 0 Å². The molecule has 0 spiro atoms. The van der Waals surface area contributed by atoms with E-state index < -0.39 is 15.9 Å². The molecule has 0 bridgehead atoms. The van der Waals surface area contributed by atoms with E-state index in [4.69, 9.17) is 5.73 Å². The Balaban J connectivity index is 1.81. The van der Waals surface area contributed by atoms with E-state index in [0.29, 0.717) is 12.5 Å². The Kier molecular flexibility index (Phi) is 6.18. The summed E-state index contributed by atoms with van der Waals surface area (Å²) < 4.78 is 22.8. The van der Waals surface area contributed by atoms with Crippen LogP contribution in [0.4, 0.5) is 0 Å². The number of amides is 1. The minimum atomic E-state index is -3.19. The number of nitrogens with one attached hydrogen (secondary N) is 1. The van der Waals surface area contributed by atoms with E-state index in [0.717, 1.165) is 12.0 Å². The zero-order valence-corrected chi connectivity index (χ0v) is 14.4. The molecule has 1 aromatic rings. The second-order valence-electron chi connectivity index (χ2n) is 6.48. The maximum Gasteiger partial charge on any atom is 0.237 e. The first-order valence-corrected chi connectivity index (χ1v) is 10.1. The van der Waals surface area contributed by atoms with Crippen molar-refractivity contribution in [1.29, 1.82) is 0 Å². The van der Waals surface area contributed by atoms with Crippen LogP contribution in [0.2, 0.25) is 0 Å². The van der Waals surface area contributed by atoms with Gasteiger partial charge in [0.05, 0.1) is 10.9 Å². The van der Waals surface area contributed by atoms with Crippen molar-refractivity contribution < 1.29 is 13.2 Å². The first-order chi connectivity index (χ1) is 10.9. The molecule has 6 heteroatoms. The SMILES string of the molecule is CS(=O)(=O)c1ccc(CNC(=O)C(N)CC2CCCCC2)cc1. The molecule has 0 radical (unpaired) electrons. The number of hydrogen-bond donors (Lipinski definition) is 2. The van der Waals surface area contributed by atoms with Gasteiger partial charge in [0.2, 0.25) is 5.91 Å². The number of carbonyl (C=O) groups is 1. The van der Waals surface area contributed by atoms with Crippen molar-refractivity contribution in [3.05, 3.63) is 29.8 Å². The van der Waals surface area contributed by atoms with Crippen LogP contribution in [0, 0.1) is 5.92 Å². The van der Waals surface area contributed by atoms with Gasteiger partial charge in [0, 0.05) is 12.8 Å². The van der Waals surface area contributed by atoms with E-state index in [2.05, 4.69) is 5.32 Å². The van der Waals surface area contributed by atoms with E-state index in [-0.39, 0.29) is 10.8 Å². The van der Waals surface area contributed by atoms with Crippen molar-refractivity contribution in [2.45, 2.75) is 56.0 Å². The largest absolute Gasteiger partial charge is 0.351 e. The summed E-state index contributed by atoms with van der Waals surface area (Å²) >= 11 is 0. The number of sulfone groups is 1. The predicted octanol–water partition coefficient (Wildman–Crippen LogP) is 2.00. The predicted molar refractivity (Wildman–Crippen MR) is 90.6 cm³/mol. The first kappa shape index (κ1) is 17.9. The molecule has 1 aliphatic carbocycles. The highest BCUT2D eigenvalue weighted by atomic mass is 32.2. The molecule has 1 amide bonds. The van der Waals surface area contributed by atoms with Crippen molar-refractivity contribution >= 4 is 15.7 Å². The summed E-state index contributed by atoms with van der Waals surface area (Å²) in [4.78, 5) is 12.4. The average Bonchev–Trinajstić information content (AvgIpc) is 2.53. The van der Waals surface area contributed by atoms with Gasteiger partial charge in [-0.3, -0.25) is 4.79 Å². The summed E-state index contributed by atoms with van der Waals surface area (Å²) in [5, 5.41) is 2.83. The third kappa shape index (κ3) is 5.62. The topological polar surface area (TPSA) is 89.3 Å². The minimum absolute atomic E-state index is 0.136. The lowest BCUT2D eigenvalue weighted by molar-refractivity contribution is -0.123. The second kappa shape index (κ2) is 7.93. The Bertz CT molecular complexity index is 620. The van der Waals surface area contributed by atoms with Crippen molar-refractivity contribution in [2.75, 3.05) is 6.26 Å². The van der Waals surface area contributed by atoms with Gasteiger partial charge in [-0.05, 0) is 30.0 Å². The quantitative estimate of drug-likeness (QED) is 0.830. The molecule has 3 N–H and O–H groups in total. The summed E-state index contributed by atoms with van der Waals surface area (Å²) in [6, 6.07) is 6.07. The number of carbonyl (C=O) groups excluding carboxylic acids is 1. The zero-order chi connectivity index (χ0) is 16.9. The van der Waals surface area contributed by atoms with Crippen LogP contribution in [0.5, 0.6) is 0 Å². The van der Waals surface area contributed by atoms with Crippen LogP contribution < -0.4 is 11.1 Å². The minimum Gasteiger partial charge on any atom is -0.351 e. The Hall–Kier alpha value is -1.40. The highest BCUT2D eigenvalue weighted by Crippen LogP contribution is 2.26. The molecule has 1 fully saturated rings. The van der Waals surface area contributed by atoms with Gasteiger partial charge in [0.25, 0.3) is 0 Å². The molecule has 0 heterocycles. The third-order valence-corrected chi connectivity index (χ3v) is 5.60. The van der Waals surface area contributed by atoms with E-state index in [1.165, 1.54) is 38.4 Å². The monoisotopic (exact) mass is 338 g/mol. The Morgan fingerprint density at radius 1 is 1.22 bits per heavy atom. The van der Waals surface area contributed by atoms with Crippen LogP contribution >= 0.6 is 0 Å². The van der Waals surface area contributed by atoms with E-state index in [1.807, 2.05) is 0 Å². The molecule has 0 aliphatic heterocycles. The molecule has 1 atom stereocenters. The second-order valence-corrected chi connectivity index (χ2v) is 8.50. The molecule has 1 aliphatic rings. The maximum absolute atomic E-state index is 12.1. The molecule has 5 nitrogen and oxygen atoms in total. The fourth-order valence-electron chi connectivity index (χ4n) is 3.06. The molecule has 23 heavy (non-hydrogen) atoms. The fourth-order valence-corrected chi connectivity index (χ4v) is 3.69. The van der Waals surface area contributed by atoms with Gasteiger partial charge in [-0.25, -0.2) is 8.42 Å². The van der Waals surface area contributed by atoms with E-state index >= 15 is 0 Å². The molecule has 128 valence electrons. The van der Waals surface area contributed by atoms with Gasteiger partial charge < -0.3 is 11.1 Å². The lowest BCUT2D eigenvalue weighted by Crippen LogP contribution is -2.41. The lowest BCUT2D eigenvalue weighted by atomic mass is 9.85. The van der Waals surface area contributed by atoms with Crippen LogP contribution in [-0.4, -0.2) is 26.6 Å². The summed E-state index contributed by atoms with van der Waals surface area (Å²) in [6.07, 6.45) is 8.05. The van der Waals surface area contributed by atoms with Crippen LogP contribution in [0.1, 0.15) is 44.1 Å². The van der Waals surface area contributed by atoms with Crippen LogP contribution in [-0.2, 0) is 21.2 Å². The number of rotatable bonds is 6. The summed E-state index contributed by atoms with van der Waals surface area (Å²) in [5.74, 6) is 0.432. The average molecular weight is 338 g/mol. The van der Waals surface area contributed by atoms with Gasteiger partial charge in [-0.1, -0.05) is 44.2 Å². The van der Waals surface area contributed by atoms with Crippen molar-refractivity contribution in [2.24, 2.45) is 11.7 Å². The van der Waals surface area contributed by atoms with Crippen LogP contribution in [0.25, 0.3) is 0 Å². The first-order valence-electron chi connectivity index (χ1n) is 8.18. The standard InChI is InChI=1S/C17H26N2O3S/c1-23(21,22)15-9-7-14(8-10-15)12-19-17(20)16(18)11-13-5-3-2-4-6-13/h7-10,13,16H,2-6,11-12,18H2,1H3,(H,19,20). The Morgan fingerprint density at radius 2 is 1.83 bits per heavy atom. The highest BCUT2D eigenvalue weighted by Gasteiger charge is 2.21. The molecule has 1 aromatic carbocycles. The number of benzene rings is 1. The molecule has 1 unspecified atom stereocenters. The molecule has 0 aromatic heterocycles. The normalized spacial score (nSPS) is 17.7. The Morgan fingerprint density at radius 3 is 2.39 bits per heavy atom. The maximum atomic E-state index is 12.1. The number of hydrogen-bond acceptors (Lipinski definition) is 4. The molecular weight excluding hydrogens is 312 g/mol. The van der Waals surface area contributed by atoms with E-state index in [1.54, 1.807) is 24.3 Å². The molecule has 0 saturated heterocycles. The summed E-state index contributed by atoms with van der Waals surface area (Å²) in [7, 11) is -3.19. The van der Waals surface area contributed by atoms with Crippen LogP contribution in [0.15, 0.2) is 29.2 Å². The van der Waals surface area contributed by atoms with Gasteiger partial charge in [0.15, 0.2) is 9.84 Å². The van der Waals surface area contributed by atoms with E-state index in [9.17, 15) is 13.2 Å². The fraction of sp³-hybridized carbons (Fsp3) is 0.588. The van der Waals surface area contributed by atoms with Crippen LogP contribution in [0.3, 0.4) is 0 Å². The molecule has 2 rings (SSSR count). The van der Waals surface area contributed by atoms with Gasteiger partial charge >= 0.3 is 0 Å². The Labute approximate surface area is 138 Å². The van der Waals surface area contributed by atoms with Crippen molar-refractivity contribution in [3.8, 4) is 0 Å². The third-order valence-electron chi connectivity index (χ3n) is 4.47. The smallest absolute Gasteiger partial charge is 0.237 e. The van der Waals surface area contributed by atoms with Gasteiger partial charge in [0.1, 0.15) is 0 Å². The highest BCUT2D eigenvalue weighted by molar-refractivity contribution is 7.90. The van der Waals surface area contributed by atoms with Crippen molar-refractivity contribution in [3.63, 3.8) is 0 Å². The van der Waals surface area contributed by atoms with Crippen molar-refractivity contribution in [1.82, 2.24) is 5.32 Å². The number of nitrogens with two attached hydrogens (primary N) is 1.